The molecule has 0 amide bonds. The van der Waals surface area contributed by atoms with E-state index in [-0.39, 0.29) is 0 Å². The van der Waals surface area contributed by atoms with Crippen molar-refractivity contribution in [3.05, 3.63) is 38.8 Å². The molecule has 0 saturated heterocycles. The summed E-state index contributed by atoms with van der Waals surface area (Å²) in [7, 11) is 3.34. The highest BCUT2D eigenvalue weighted by Gasteiger charge is 2.20. The summed E-state index contributed by atoms with van der Waals surface area (Å²) >= 11 is 7.37. The molecule has 1 aliphatic rings. The van der Waals surface area contributed by atoms with Crippen molar-refractivity contribution < 1.29 is 9.47 Å². The van der Waals surface area contributed by atoms with Crippen molar-refractivity contribution in [3.63, 3.8) is 0 Å². The van der Waals surface area contributed by atoms with Gasteiger partial charge in [-0.3, -0.25) is 4.90 Å². The number of aromatic nitrogens is 1. The molecule has 21 heavy (non-hydrogen) atoms. The minimum atomic E-state index is 0.605. The third-order valence-electron chi connectivity index (χ3n) is 3.71. The van der Waals surface area contributed by atoms with Gasteiger partial charge in [-0.15, -0.1) is 11.3 Å². The molecule has 2 heterocycles. The van der Waals surface area contributed by atoms with E-state index in [0.717, 1.165) is 43.2 Å². The molecule has 0 bridgehead atoms. The van der Waals surface area contributed by atoms with Crippen molar-refractivity contribution >= 4 is 22.9 Å². The maximum absolute atomic E-state index is 5.89. The summed E-state index contributed by atoms with van der Waals surface area (Å²) < 4.78 is 11.4. The third-order valence-corrected chi connectivity index (χ3v) is 4.73. The molecule has 2 aromatic rings. The second kappa shape index (κ2) is 6.22. The number of fused-ring (bicyclic) bond motifs is 1. The van der Waals surface area contributed by atoms with E-state index in [0.29, 0.717) is 4.47 Å². The van der Waals surface area contributed by atoms with Gasteiger partial charge in [0.1, 0.15) is 0 Å². The van der Waals surface area contributed by atoms with Crippen LogP contribution >= 0.6 is 22.9 Å². The highest BCUT2D eigenvalue weighted by Crippen LogP contribution is 2.33. The van der Waals surface area contributed by atoms with Gasteiger partial charge in [0.15, 0.2) is 16.0 Å². The van der Waals surface area contributed by atoms with Gasteiger partial charge in [-0.1, -0.05) is 11.6 Å². The van der Waals surface area contributed by atoms with Crippen LogP contribution in [0.5, 0.6) is 11.5 Å². The zero-order valence-corrected chi connectivity index (χ0v) is 13.6. The summed E-state index contributed by atoms with van der Waals surface area (Å²) in [4.78, 5) is 6.69. The smallest absolute Gasteiger partial charge is 0.183 e. The van der Waals surface area contributed by atoms with Crippen molar-refractivity contribution in [1.29, 1.82) is 0 Å². The topological polar surface area (TPSA) is 34.6 Å². The van der Waals surface area contributed by atoms with Crippen LogP contribution in [0.3, 0.4) is 0 Å². The largest absolute Gasteiger partial charge is 0.493 e. The first kappa shape index (κ1) is 14.6. The van der Waals surface area contributed by atoms with Crippen molar-refractivity contribution in [2.24, 2.45) is 0 Å². The maximum atomic E-state index is 5.89. The van der Waals surface area contributed by atoms with Gasteiger partial charge in [0.2, 0.25) is 0 Å². The van der Waals surface area contributed by atoms with Gasteiger partial charge in [-0.05, 0) is 29.7 Å². The Labute approximate surface area is 133 Å². The quantitative estimate of drug-likeness (QED) is 0.863. The average molecular weight is 325 g/mol. The molecule has 4 nitrogen and oxygen atoms in total. The molecule has 6 heteroatoms. The fourth-order valence-corrected chi connectivity index (χ4v) is 3.43. The second-order valence-corrected chi connectivity index (χ2v) is 6.47. The highest BCUT2D eigenvalue weighted by atomic mass is 35.5. The van der Waals surface area contributed by atoms with Crippen LogP contribution in [0.15, 0.2) is 17.5 Å². The summed E-state index contributed by atoms with van der Waals surface area (Å²) in [6.45, 7) is 2.74. The number of ether oxygens (including phenoxy) is 2. The zero-order valence-electron chi connectivity index (χ0n) is 12.1. The predicted molar refractivity (Wildman–Crippen MR) is 84.5 cm³/mol. The van der Waals surface area contributed by atoms with Crippen molar-refractivity contribution in [2.75, 3.05) is 20.8 Å². The summed E-state index contributed by atoms with van der Waals surface area (Å²) in [6, 6.07) is 4.17. The van der Waals surface area contributed by atoms with Crippen LogP contribution in [0.25, 0.3) is 0 Å². The van der Waals surface area contributed by atoms with Gasteiger partial charge in [0, 0.05) is 25.0 Å². The SMILES string of the molecule is COc1cc2c(cc1OC)CN(Cc1csc(Cl)n1)CC2. The first-order valence-electron chi connectivity index (χ1n) is 6.75. The monoisotopic (exact) mass is 324 g/mol. The molecular formula is C15H17ClN2O2S. The van der Waals surface area contributed by atoms with Crippen molar-refractivity contribution in [2.45, 2.75) is 19.5 Å². The average Bonchev–Trinajstić information content (AvgIpc) is 2.90. The molecule has 112 valence electrons. The minimum absolute atomic E-state index is 0.605. The van der Waals surface area contributed by atoms with Crippen LogP contribution in [0.1, 0.15) is 16.8 Å². The standard InChI is InChI=1S/C15H17ClN2O2S/c1-19-13-5-10-3-4-18(7-11(10)6-14(13)20-2)8-12-9-21-15(16)17-12/h5-6,9H,3-4,7-8H2,1-2H3. The lowest BCUT2D eigenvalue weighted by molar-refractivity contribution is 0.242. The van der Waals surface area contributed by atoms with Gasteiger partial charge >= 0.3 is 0 Å². The predicted octanol–water partition coefficient (Wildman–Crippen LogP) is 3.37. The molecule has 0 radical (unpaired) electrons. The fourth-order valence-electron chi connectivity index (χ4n) is 2.66. The zero-order chi connectivity index (χ0) is 14.8. The second-order valence-electron chi connectivity index (χ2n) is 5.03. The molecule has 0 saturated carbocycles. The van der Waals surface area contributed by atoms with Crippen LogP contribution in [-0.2, 0) is 19.5 Å². The Balaban J connectivity index is 1.78. The lowest BCUT2D eigenvalue weighted by Crippen LogP contribution is -2.30. The molecule has 0 unspecified atom stereocenters. The van der Waals surface area contributed by atoms with Crippen LogP contribution < -0.4 is 9.47 Å². The van der Waals surface area contributed by atoms with Crippen LogP contribution in [0.4, 0.5) is 0 Å². The maximum Gasteiger partial charge on any atom is 0.183 e. The molecule has 0 aliphatic carbocycles. The lowest BCUT2D eigenvalue weighted by Gasteiger charge is -2.28. The van der Waals surface area contributed by atoms with Gasteiger partial charge in [-0.25, -0.2) is 4.98 Å². The van der Waals surface area contributed by atoms with E-state index in [1.54, 1.807) is 14.2 Å². The Kier molecular flexibility index (Phi) is 4.33. The van der Waals surface area contributed by atoms with Gasteiger partial charge in [-0.2, -0.15) is 0 Å². The number of thiazole rings is 1. The third kappa shape index (κ3) is 3.15. The molecule has 0 fully saturated rings. The molecule has 0 atom stereocenters. The number of nitrogens with zero attached hydrogens (tertiary/aromatic N) is 2. The number of rotatable bonds is 4. The summed E-state index contributed by atoms with van der Waals surface area (Å²) in [5.41, 5.74) is 3.66. The van der Waals surface area contributed by atoms with Crippen molar-refractivity contribution in [1.82, 2.24) is 9.88 Å². The van der Waals surface area contributed by atoms with Crippen LogP contribution in [-0.4, -0.2) is 30.6 Å². The Morgan fingerprint density at radius 2 is 1.95 bits per heavy atom. The molecule has 0 N–H and O–H groups in total. The van der Waals surface area contributed by atoms with E-state index in [1.165, 1.54) is 22.5 Å². The van der Waals surface area contributed by atoms with E-state index in [4.69, 9.17) is 21.1 Å². The summed E-state index contributed by atoms with van der Waals surface area (Å²) in [5, 5.41) is 2.02. The number of hydrogen-bond donors (Lipinski definition) is 0. The summed E-state index contributed by atoms with van der Waals surface area (Å²) in [5.74, 6) is 1.59. The first-order valence-corrected chi connectivity index (χ1v) is 8.01. The number of halogens is 1. The van der Waals surface area contributed by atoms with Gasteiger partial charge < -0.3 is 9.47 Å². The van der Waals surface area contributed by atoms with E-state index in [2.05, 4.69) is 22.0 Å². The number of methoxy groups -OCH3 is 2. The number of hydrogen-bond acceptors (Lipinski definition) is 5. The first-order chi connectivity index (χ1) is 10.2. The molecule has 1 aromatic carbocycles. The molecule has 1 aliphatic heterocycles. The Morgan fingerprint density at radius 1 is 1.24 bits per heavy atom. The van der Waals surface area contributed by atoms with Crippen LogP contribution in [0, 0.1) is 0 Å². The van der Waals surface area contributed by atoms with Crippen molar-refractivity contribution in [3.8, 4) is 11.5 Å². The molecule has 3 rings (SSSR count). The highest BCUT2D eigenvalue weighted by molar-refractivity contribution is 7.13. The Morgan fingerprint density at radius 3 is 2.57 bits per heavy atom. The summed E-state index contributed by atoms with van der Waals surface area (Å²) in [6.07, 6.45) is 1.01. The molecule has 0 spiro atoms. The Bertz CT molecular complexity index is 645. The van der Waals surface area contributed by atoms with E-state index in [1.807, 2.05) is 5.38 Å². The van der Waals surface area contributed by atoms with E-state index < -0.39 is 0 Å². The molecular weight excluding hydrogens is 308 g/mol. The lowest BCUT2D eigenvalue weighted by atomic mass is 9.98. The van der Waals surface area contributed by atoms with Gasteiger partial charge in [0.05, 0.1) is 19.9 Å². The van der Waals surface area contributed by atoms with E-state index in [9.17, 15) is 0 Å². The molecule has 1 aromatic heterocycles. The fraction of sp³-hybridized carbons (Fsp3) is 0.400. The van der Waals surface area contributed by atoms with Gasteiger partial charge in [0.25, 0.3) is 0 Å². The van der Waals surface area contributed by atoms with Crippen LogP contribution in [0.2, 0.25) is 4.47 Å². The normalized spacial score (nSPS) is 14.8. The number of benzene rings is 1. The van der Waals surface area contributed by atoms with E-state index >= 15 is 0 Å². The minimum Gasteiger partial charge on any atom is -0.493 e. The Hall–Kier alpha value is -1.30.